The Kier molecular flexibility index (Phi) is 5.65. The maximum atomic E-state index is 2.43. The molecule has 0 aliphatic heterocycles. The molecule has 7 aromatic carbocycles. The van der Waals surface area contributed by atoms with Crippen LogP contribution in [0.2, 0.25) is 0 Å². The van der Waals surface area contributed by atoms with Crippen LogP contribution in [0.1, 0.15) is 0 Å². The van der Waals surface area contributed by atoms with E-state index < -0.39 is 0 Å². The second-order valence-corrected chi connectivity index (χ2v) is 13.8. The molecule has 0 unspecified atom stereocenters. The number of anilines is 3. The second-order valence-electron chi connectivity index (χ2n) is 11.7. The van der Waals surface area contributed by atoms with Gasteiger partial charge in [-0.05, 0) is 72.8 Å². The summed E-state index contributed by atoms with van der Waals surface area (Å²) in [6, 6.07) is 57.2. The molecule has 0 saturated heterocycles. The lowest BCUT2D eigenvalue weighted by Crippen LogP contribution is -2.09. The summed E-state index contributed by atoms with van der Waals surface area (Å²) in [5, 5.41) is 8.07. The number of fused-ring (bicyclic) bond motifs is 11. The Bertz CT molecular complexity index is 2690. The molecule has 3 aromatic heterocycles. The van der Waals surface area contributed by atoms with E-state index in [1.54, 1.807) is 0 Å². The number of hydrogen-bond donors (Lipinski definition) is 0. The highest BCUT2D eigenvalue weighted by Gasteiger charge is 2.20. The van der Waals surface area contributed by atoms with E-state index >= 15 is 0 Å². The van der Waals surface area contributed by atoms with Crippen molar-refractivity contribution in [2.24, 2.45) is 0 Å². The molecule has 3 heterocycles. The van der Waals surface area contributed by atoms with Gasteiger partial charge in [-0.2, -0.15) is 0 Å². The molecular formula is C42H26N2S2. The maximum Gasteiger partial charge on any atom is 0.0555 e. The highest BCUT2D eigenvalue weighted by Crippen LogP contribution is 2.48. The molecule has 216 valence electrons. The number of nitrogens with zero attached hydrogens (tertiary/aromatic N) is 2. The fourth-order valence-electron chi connectivity index (χ4n) is 7.18. The zero-order valence-corrected chi connectivity index (χ0v) is 26.4. The molecule has 4 heteroatoms. The Morgan fingerprint density at radius 1 is 0.370 bits per heavy atom. The van der Waals surface area contributed by atoms with Crippen molar-refractivity contribution in [1.29, 1.82) is 0 Å². The fourth-order valence-corrected chi connectivity index (χ4v) is 9.78. The zero-order chi connectivity index (χ0) is 30.2. The van der Waals surface area contributed by atoms with Crippen molar-refractivity contribution in [2.45, 2.75) is 0 Å². The third-order valence-electron chi connectivity index (χ3n) is 9.18. The van der Waals surface area contributed by atoms with Gasteiger partial charge in [0.25, 0.3) is 0 Å². The third-order valence-corrected chi connectivity index (χ3v) is 11.6. The van der Waals surface area contributed by atoms with E-state index in [9.17, 15) is 0 Å². The van der Waals surface area contributed by atoms with E-state index in [1.807, 2.05) is 22.7 Å². The first-order chi connectivity index (χ1) is 22.8. The van der Waals surface area contributed by atoms with Crippen LogP contribution in [0, 0.1) is 0 Å². The minimum absolute atomic E-state index is 1.13. The Labute approximate surface area is 273 Å². The monoisotopic (exact) mass is 622 g/mol. The van der Waals surface area contributed by atoms with Crippen molar-refractivity contribution >= 4 is 102 Å². The summed E-state index contributed by atoms with van der Waals surface area (Å²) in [5.41, 5.74) is 7.02. The summed E-state index contributed by atoms with van der Waals surface area (Å²) < 4.78 is 7.90. The van der Waals surface area contributed by atoms with Crippen LogP contribution in [0.3, 0.4) is 0 Å². The molecule has 0 aliphatic carbocycles. The Balaban J connectivity index is 1.19. The van der Waals surface area contributed by atoms with Gasteiger partial charge in [0.05, 0.1) is 11.0 Å². The maximum absolute atomic E-state index is 2.43. The molecule has 2 nitrogen and oxygen atoms in total. The van der Waals surface area contributed by atoms with Gasteiger partial charge in [-0.25, -0.2) is 0 Å². The highest BCUT2D eigenvalue weighted by molar-refractivity contribution is 7.30. The SMILES string of the molecule is c1ccc(N(c2ccccc2)c2ccc(-n3c4ccccc4c4c5sc6c(ccc7sc8ccccc8c76)c5ccc43)cc2)cc1. The zero-order valence-electron chi connectivity index (χ0n) is 24.7. The molecule has 0 atom stereocenters. The molecule has 0 bridgehead atoms. The summed E-state index contributed by atoms with van der Waals surface area (Å²) in [7, 11) is 0. The lowest BCUT2D eigenvalue weighted by Gasteiger charge is -2.25. The second kappa shape index (κ2) is 10.0. The summed E-state index contributed by atoms with van der Waals surface area (Å²) in [5.74, 6) is 0. The Morgan fingerprint density at radius 2 is 0.957 bits per heavy atom. The highest BCUT2D eigenvalue weighted by atomic mass is 32.1. The van der Waals surface area contributed by atoms with Crippen LogP contribution in [0.15, 0.2) is 158 Å². The molecule has 0 amide bonds. The summed E-state index contributed by atoms with van der Waals surface area (Å²) in [4.78, 5) is 2.31. The third kappa shape index (κ3) is 3.75. The van der Waals surface area contributed by atoms with Gasteiger partial charge in [0.1, 0.15) is 0 Å². The quantitative estimate of drug-likeness (QED) is 0.190. The van der Waals surface area contributed by atoms with Gasteiger partial charge in [0.2, 0.25) is 0 Å². The average Bonchev–Trinajstić information content (AvgIpc) is 3.79. The lowest BCUT2D eigenvalue weighted by atomic mass is 10.1. The molecule has 46 heavy (non-hydrogen) atoms. The van der Waals surface area contributed by atoms with Crippen molar-refractivity contribution in [2.75, 3.05) is 4.90 Å². The molecule has 0 aliphatic rings. The number of rotatable bonds is 4. The van der Waals surface area contributed by atoms with Crippen molar-refractivity contribution in [1.82, 2.24) is 4.57 Å². The first-order valence-electron chi connectivity index (χ1n) is 15.5. The van der Waals surface area contributed by atoms with Crippen molar-refractivity contribution in [3.8, 4) is 5.69 Å². The van der Waals surface area contributed by atoms with E-state index in [0.29, 0.717) is 0 Å². The van der Waals surface area contributed by atoms with Crippen LogP contribution in [0.4, 0.5) is 17.1 Å². The first kappa shape index (κ1) is 25.9. The van der Waals surface area contributed by atoms with Crippen molar-refractivity contribution in [3.63, 3.8) is 0 Å². The predicted octanol–water partition coefficient (Wildman–Crippen LogP) is 13.0. The molecule has 10 rings (SSSR count). The molecule has 0 radical (unpaired) electrons. The number of aromatic nitrogens is 1. The van der Waals surface area contributed by atoms with Crippen LogP contribution in [-0.2, 0) is 0 Å². The van der Waals surface area contributed by atoms with E-state index in [1.165, 1.54) is 62.2 Å². The number of thiophene rings is 2. The van der Waals surface area contributed by atoms with Gasteiger partial charge in [-0.15, -0.1) is 22.7 Å². The average molecular weight is 623 g/mol. The topological polar surface area (TPSA) is 8.17 Å². The molecule has 0 N–H and O–H groups in total. The summed E-state index contributed by atoms with van der Waals surface area (Å²) >= 11 is 3.84. The normalized spacial score (nSPS) is 11.9. The number of benzene rings is 7. The summed E-state index contributed by atoms with van der Waals surface area (Å²) in [6.07, 6.45) is 0. The van der Waals surface area contributed by atoms with Gasteiger partial charge in [0.15, 0.2) is 0 Å². The fraction of sp³-hybridized carbons (Fsp3) is 0. The lowest BCUT2D eigenvalue weighted by molar-refractivity contribution is 1.17. The van der Waals surface area contributed by atoms with E-state index in [4.69, 9.17) is 0 Å². The molecule has 0 spiro atoms. The predicted molar refractivity (Wildman–Crippen MR) is 201 cm³/mol. The van der Waals surface area contributed by atoms with Gasteiger partial charge in [-0.1, -0.05) is 84.9 Å². The Morgan fingerprint density at radius 3 is 1.70 bits per heavy atom. The molecular weight excluding hydrogens is 597 g/mol. The van der Waals surface area contributed by atoms with Gasteiger partial charge >= 0.3 is 0 Å². The van der Waals surface area contributed by atoms with Gasteiger partial charge in [0, 0.05) is 73.9 Å². The molecule has 0 saturated carbocycles. The molecule has 10 aromatic rings. The minimum atomic E-state index is 1.13. The largest absolute Gasteiger partial charge is 0.311 e. The van der Waals surface area contributed by atoms with E-state index in [2.05, 4.69) is 167 Å². The summed E-state index contributed by atoms with van der Waals surface area (Å²) in [6.45, 7) is 0. The minimum Gasteiger partial charge on any atom is -0.311 e. The van der Waals surface area contributed by atoms with Crippen LogP contribution in [0.25, 0.3) is 67.8 Å². The van der Waals surface area contributed by atoms with E-state index in [-0.39, 0.29) is 0 Å². The van der Waals surface area contributed by atoms with Gasteiger partial charge < -0.3 is 9.47 Å². The van der Waals surface area contributed by atoms with Crippen LogP contribution >= 0.6 is 22.7 Å². The van der Waals surface area contributed by atoms with Crippen LogP contribution in [-0.4, -0.2) is 4.57 Å². The molecule has 0 fully saturated rings. The van der Waals surface area contributed by atoms with Crippen molar-refractivity contribution < 1.29 is 0 Å². The van der Waals surface area contributed by atoms with Crippen LogP contribution < -0.4 is 4.90 Å². The number of hydrogen-bond acceptors (Lipinski definition) is 3. The first-order valence-corrected chi connectivity index (χ1v) is 17.2. The van der Waals surface area contributed by atoms with Crippen molar-refractivity contribution in [3.05, 3.63) is 158 Å². The Hall–Kier alpha value is -5.42. The van der Waals surface area contributed by atoms with E-state index in [0.717, 1.165) is 22.7 Å². The smallest absolute Gasteiger partial charge is 0.0555 e. The van der Waals surface area contributed by atoms with Gasteiger partial charge in [-0.3, -0.25) is 0 Å². The standard InChI is InChI=1S/C42H26N2S2/c1-3-11-27(12-4-1)43(28-13-5-2-6-14-28)29-19-21-30(22-20-29)44-35-17-9-7-15-33(35)39-36(44)25-23-31-32-24-26-38-40(42(32)46-41(31)39)34-16-8-10-18-37(34)45-38/h1-26H. The van der Waals surface area contributed by atoms with Crippen LogP contribution in [0.5, 0.6) is 0 Å². The number of para-hydroxylation sites is 3.